The normalized spacial score (nSPS) is 12.1. The lowest BCUT2D eigenvalue weighted by molar-refractivity contribution is 0.354. The Hall–Kier alpha value is -1.85. The number of halogens is 3. The third-order valence-electron chi connectivity index (χ3n) is 3.14. The quantitative estimate of drug-likeness (QED) is 0.876. The Balaban J connectivity index is 2.45. The summed E-state index contributed by atoms with van der Waals surface area (Å²) in [6, 6.07) is 6.26. The summed E-state index contributed by atoms with van der Waals surface area (Å²) in [5.74, 6) is -0.970. The van der Waals surface area contributed by atoms with Crippen LogP contribution in [0.3, 0.4) is 0 Å². The predicted octanol–water partition coefficient (Wildman–Crippen LogP) is 3.68. The zero-order valence-corrected chi connectivity index (χ0v) is 12.2. The molecular weight excluding hydrogens is 300 g/mol. The summed E-state index contributed by atoms with van der Waals surface area (Å²) in [6.07, 6.45) is 0. The van der Waals surface area contributed by atoms with Crippen molar-refractivity contribution in [3.63, 3.8) is 0 Å². The van der Waals surface area contributed by atoms with Gasteiger partial charge in [0.2, 0.25) is 0 Å². The van der Waals surface area contributed by atoms with Crippen LogP contribution in [0.4, 0.5) is 8.78 Å². The molecule has 1 unspecified atom stereocenters. The van der Waals surface area contributed by atoms with Gasteiger partial charge in [-0.05, 0) is 35.4 Å². The molecule has 0 amide bonds. The molecule has 21 heavy (non-hydrogen) atoms. The van der Waals surface area contributed by atoms with E-state index < -0.39 is 17.7 Å². The van der Waals surface area contributed by atoms with Gasteiger partial charge in [-0.3, -0.25) is 0 Å². The fourth-order valence-corrected chi connectivity index (χ4v) is 2.27. The molecule has 2 aromatic carbocycles. The molecule has 0 radical (unpaired) electrons. The van der Waals surface area contributed by atoms with Gasteiger partial charge in [0, 0.05) is 5.02 Å². The van der Waals surface area contributed by atoms with Crippen molar-refractivity contribution >= 4 is 11.6 Å². The first-order chi connectivity index (χ1) is 9.97. The number of rotatable bonds is 4. The molecule has 1 atom stereocenters. The van der Waals surface area contributed by atoms with Gasteiger partial charge in [0.25, 0.3) is 0 Å². The number of nitrogens with two attached hydrogens (primary N) is 1. The summed E-state index contributed by atoms with van der Waals surface area (Å²) >= 11 is 5.94. The molecule has 0 spiro atoms. The van der Waals surface area contributed by atoms with Crippen LogP contribution in [0.15, 0.2) is 30.3 Å². The Morgan fingerprint density at radius 2 is 1.62 bits per heavy atom. The van der Waals surface area contributed by atoms with Gasteiger partial charge in [0.1, 0.15) is 0 Å². The largest absolute Gasteiger partial charge is 0.493 e. The van der Waals surface area contributed by atoms with E-state index in [2.05, 4.69) is 0 Å². The van der Waals surface area contributed by atoms with E-state index in [9.17, 15) is 8.78 Å². The van der Waals surface area contributed by atoms with Gasteiger partial charge < -0.3 is 15.2 Å². The van der Waals surface area contributed by atoms with Crippen molar-refractivity contribution in [3.8, 4) is 11.5 Å². The molecule has 0 aliphatic heterocycles. The fraction of sp³-hybridized carbons (Fsp3) is 0.200. The average Bonchev–Trinajstić information content (AvgIpc) is 2.49. The highest BCUT2D eigenvalue weighted by Crippen LogP contribution is 2.33. The second-order valence-corrected chi connectivity index (χ2v) is 4.79. The molecule has 2 N–H and O–H groups in total. The van der Waals surface area contributed by atoms with Gasteiger partial charge in [-0.25, -0.2) is 8.78 Å². The van der Waals surface area contributed by atoms with Gasteiger partial charge in [-0.2, -0.15) is 0 Å². The van der Waals surface area contributed by atoms with Gasteiger partial charge in [-0.1, -0.05) is 17.7 Å². The van der Waals surface area contributed by atoms with Crippen molar-refractivity contribution in [3.05, 3.63) is 58.1 Å². The fourth-order valence-electron chi connectivity index (χ4n) is 2.00. The minimum atomic E-state index is -1.01. The Kier molecular flexibility index (Phi) is 4.65. The van der Waals surface area contributed by atoms with Crippen molar-refractivity contribution in [1.29, 1.82) is 0 Å². The van der Waals surface area contributed by atoms with Gasteiger partial charge in [0.15, 0.2) is 23.1 Å². The van der Waals surface area contributed by atoms with Gasteiger partial charge in [0.05, 0.1) is 20.3 Å². The first-order valence-electron chi connectivity index (χ1n) is 6.10. The van der Waals surface area contributed by atoms with E-state index in [1.807, 2.05) is 0 Å². The van der Waals surface area contributed by atoms with Crippen molar-refractivity contribution in [2.75, 3.05) is 14.2 Å². The third kappa shape index (κ3) is 3.09. The summed E-state index contributed by atoms with van der Waals surface area (Å²) in [4.78, 5) is 0. The van der Waals surface area contributed by atoms with Crippen LogP contribution in [0.5, 0.6) is 11.5 Å². The lowest BCUT2D eigenvalue weighted by atomic mass is 9.99. The SMILES string of the molecule is COc1ccc(C(N)c2cc(F)c(F)cc2Cl)cc1OC. The van der Waals surface area contributed by atoms with Crippen LogP contribution >= 0.6 is 11.6 Å². The van der Waals surface area contributed by atoms with Crippen LogP contribution in [-0.4, -0.2) is 14.2 Å². The van der Waals surface area contributed by atoms with Crippen LogP contribution in [-0.2, 0) is 0 Å². The smallest absolute Gasteiger partial charge is 0.161 e. The van der Waals surface area contributed by atoms with E-state index >= 15 is 0 Å². The summed E-state index contributed by atoms with van der Waals surface area (Å²) in [7, 11) is 3.02. The number of benzene rings is 2. The molecule has 2 rings (SSSR count). The molecule has 0 fully saturated rings. The molecule has 0 aliphatic rings. The number of hydrogen-bond donors (Lipinski definition) is 1. The van der Waals surface area contributed by atoms with Crippen LogP contribution in [0, 0.1) is 11.6 Å². The molecule has 0 bridgehead atoms. The molecule has 3 nitrogen and oxygen atoms in total. The van der Waals surface area contributed by atoms with Crippen molar-refractivity contribution in [1.82, 2.24) is 0 Å². The monoisotopic (exact) mass is 313 g/mol. The maximum absolute atomic E-state index is 13.4. The van der Waals surface area contributed by atoms with E-state index in [0.29, 0.717) is 22.6 Å². The molecule has 0 saturated heterocycles. The van der Waals surface area contributed by atoms with Gasteiger partial charge in [-0.15, -0.1) is 0 Å². The molecule has 0 saturated carbocycles. The molecule has 0 heterocycles. The van der Waals surface area contributed by atoms with E-state index in [-0.39, 0.29) is 5.02 Å². The maximum atomic E-state index is 13.4. The van der Waals surface area contributed by atoms with Gasteiger partial charge >= 0.3 is 0 Å². The lowest BCUT2D eigenvalue weighted by Crippen LogP contribution is -2.13. The minimum Gasteiger partial charge on any atom is -0.493 e. The predicted molar refractivity (Wildman–Crippen MR) is 76.9 cm³/mol. The Morgan fingerprint density at radius 1 is 1.00 bits per heavy atom. The summed E-state index contributed by atoms with van der Waals surface area (Å²) in [5, 5.41) is 0.0659. The molecule has 2 aromatic rings. The van der Waals surface area contributed by atoms with E-state index in [0.717, 1.165) is 12.1 Å². The number of ether oxygens (including phenoxy) is 2. The maximum Gasteiger partial charge on any atom is 0.161 e. The Bertz CT molecular complexity index is 664. The van der Waals surface area contributed by atoms with Crippen LogP contribution in [0.1, 0.15) is 17.2 Å². The van der Waals surface area contributed by atoms with Crippen molar-refractivity contribution < 1.29 is 18.3 Å². The lowest BCUT2D eigenvalue weighted by Gasteiger charge is -2.16. The summed E-state index contributed by atoms with van der Waals surface area (Å²) < 4.78 is 36.8. The standard InChI is InChI=1S/C15H14ClF2NO2/c1-20-13-4-3-8(5-14(13)21-2)15(19)9-6-11(17)12(18)7-10(9)16/h3-7,15H,19H2,1-2H3. The number of methoxy groups -OCH3 is 2. The zero-order chi connectivity index (χ0) is 15.6. The molecule has 0 aliphatic carbocycles. The highest BCUT2D eigenvalue weighted by Gasteiger charge is 2.18. The Labute approximate surface area is 126 Å². The van der Waals surface area contributed by atoms with Crippen molar-refractivity contribution in [2.24, 2.45) is 5.73 Å². The Morgan fingerprint density at radius 3 is 2.24 bits per heavy atom. The summed E-state index contributed by atoms with van der Waals surface area (Å²) in [6.45, 7) is 0. The highest BCUT2D eigenvalue weighted by atomic mass is 35.5. The molecule has 112 valence electrons. The van der Waals surface area contributed by atoms with E-state index in [4.69, 9.17) is 26.8 Å². The minimum absolute atomic E-state index is 0.0659. The third-order valence-corrected chi connectivity index (χ3v) is 3.47. The molecular formula is C15H14ClF2NO2. The first kappa shape index (κ1) is 15.5. The highest BCUT2D eigenvalue weighted by molar-refractivity contribution is 6.31. The van der Waals surface area contributed by atoms with Crippen LogP contribution < -0.4 is 15.2 Å². The number of hydrogen-bond acceptors (Lipinski definition) is 3. The summed E-state index contributed by atoms with van der Waals surface area (Å²) in [5.41, 5.74) is 7.01. The average molecular weight is 314 g/mol. The van der Waals surface area contributed by atoms with Crippen LogP contribution in [0.2, 0.25) is 5.02 Å². The van der Waals surface area contributed by atoms with Crippen molar-refractivity contribution in [2.45, 2.75) is 6.04 Å². The second kappa shape index (κ2) is 6.28. The topological polar surface area (TPSA) is 44.5 Å². The zero-order valence-electron chi connectivity index (χ0n) is 11.5. The second-order valence-electron chi connectivity index (χ2n) is 4.38. The molecule has 6 heteroatoms. The first-order valence-corrected chi connectivity index (χ1v) is 6.47. The van der Waals surface area contributed by atoms with E-state index in [1.165, 1.54) is 14.2 Å². The van der Waals surface area contributed by atoms with E-state index in [1.54, 1.807) is 18.2 Å². The molecule has 0 aromatic heterocycles. The van der Waals surface area contributed by atoms with Crippen LogP contribution in [0.25, 0.3) is 0 Å².